The normalized spacial score (nSPS) is 10.4. The average Bonchev–Trinajstić information content (AvgIpc) is 3.03. The summed E-state index contributed by atoms with van der Waals surface area (Å²) in [6.07, 6.45) is 3.51. The van der Waals surface area contributed by atoms with Crippen molar-refractivity contribution < 1.29 is 0 Å². The molecule has 3 aromatic rings. The number of imidazole rings is 1. The highest BCUT2D eigenvalue weighted by atomic mass is 15.3. The molecule has 0 atom stereocenters. The summed E-state index contributed by atoms with van der Waals surface area (Å²) in [6, 6.07) is 18.4. The maximum Gasteiger partial charge on any atom is 0.0924 e. The van der Waals surface area contributed by atoms with Gasteiger partial charge < -0.3 is 10.4 Å². The Labute approximate surface area is 117 Å². The summed E-state index contributed by atoms with van der Waals surface area (Å²) in [5.41, 5.74) is 10.8. The van der Waals surface area contributed by atoms with Gasteiger partial charge in [0.25, 0.3) is 0 Å². The minimum atomic E-state index is 0.762. The Morgan fingerprint density at radius 1 is 0.950 bits per heavy atom. The third-order valence-electron chi connectivity index (χ3n) is 3.06. The molecule has 0 aliphatic heterocycles. The van der Waals surface area contributed by atoms with Crippen molar-refractivity contribution in [1.82, 2.24) is 15.4 Å². The van der Waals surface area contributed by atoms with Gasteiger partial charge in [-0.2, -0.15) is 0 Å². The Hall–Kier alpha value is -2.59. The zero-order valence-corrected chi connectivity index (χ0v) is 11.0. The molecule has 0 unspecified atom stereocenters. The molecule has 3 rings (SSSR count). The number of aromatic amines is 1. The van der Waals surface area contributed by atoms with E-state index in [1.54, 1.807) is 6.33 Å². The molecule has 0 fully saturated rings. The minimum absolute atomic E-state index is 0.762. The number of anilines is 1. The Morgan fingerprint density at radius 3 is 2.45 bits per heavy atom. The van der Waals surface area contributed by atoms with E-state index < -0.39 is 0 Å². The molecule has 0 bridgehead atoms. The lowest BCUT2D eigenvalue weighted by molar-refractivity contribution is 0.801. The lowest BCUT2D eigenvalue weighted by Gasteiger charge is -2.08. The molecule has 1 aromatic heterocycles. The molecule has 0 saturated heterocycles. The van der Waals surface area contributed by atoms with E-state index in [0.717, 1.165) is 23.5 Å². The predicted octanol–water partition coefficient (Wildman–Crippen LogP) is 3.19. The molecular weight excluding hydrogens is 248 g/mol. The highest BCUT2D eigenvalue weighted by Crippen LogP contribution is 2.16. The number of hydrogen-bond donors (Lipinski definition) is 3. The SMILES string of the molecule is c1ccc(NNCc2ccc(-c3cnc[nH]3)cc2)cc1. The maximum absolute atomic E-state index is 4.03. The minimum Gasteiger partial charge on any atom is -0.345 e. The quantitative estimate of drug-likeness (QED) is 0.620. The third-order valence-corrected chi connectivity index (χ3v) is 3.06. The average molecular weight is 264 g/mol. The van der Waals surface area contributed by atoms with Crippen molar-refractivity contribution in [2.75, 3.05) is 5.43 Å². The smallest absolute Gasteiger partial charge is 0.0924 e. The highest BCUT2D eigenvalue weighted by Gasteiger charge is 1.98. The monoisotopic (exact) mass is 264 g/mol. The Morgan fingerprint density at radius 2 is 1.75 bits per heavy atom. The number of para-hydroxylation sites is 1. The van der Waals surface area contributed by atoms with E-state index in [-0.39, 0.29) is 0 Å². The first-order valence-electron chi connectivity index (χ1n) is 6.53. The molecule has 0 radical (unpaired) electrons. The van der Waals surface area contributed by atoms with Crippen LogP contribution in [0.1, 0.15) is 5.56 Å². The Balaban J connectivity index is 1.56. The number of hydrogen-bond acceptors (Lipinski definition) is 3. The second-order valence-electron chi connectivity index (χ2n) is 4.51. The standard InChI is InChI=1S/C16H16N4/c1-2-4-15(5-3-1)20-19-10-13-6-8-14(9-7-13)16-11-17-12-18-16/h1-9,11-12,19-20H,10H2,(H,17,18). The van der Waals surface area contributed by atoms with Gasteiger partial charge >= 0.3 is 0 Å². The lowest BCUT2D eigenvalue weighted by Crippen LogP contribution is -2.20. The molecule has 0 aliphatic carbocycles. The lowest BCUT2D eigenvalue weighted by atomic mass is 10.1. The second kappa shape index (κ2) is 6.04. The van der Waals surface area contributed by atoms with E-state index in [4.69, 9.17) is 0 Å². The van der Waals surface area contributed by atoms with Gasteiger partial charge in [-0.1, -0.05) is 42.5 Å². The van der Waals surface area contributed by atoms with Gasteiger partial charge in [-0.15, -0.1) is 0 Å². The topological polar surface area (TPSA) is 52.7 Å². The van der Waals surface area contributed by atoms with Crippen LogP contribution in [0.2, 0.25) is 0 Å². The predicted molar refractivity (Wildman–Crippen MR) is 80.9 cm³/mol. The van der Waals surface area contributed by atoms with Gasteiger partial charge in [0.15, 0.2) is 0 Å². The largest absolute Gasteiger partial charge is 0.345 e. The molecule has 0 aliphatic rings. The number of H-pyrrole nitrogens is 1. The molecule has 0 saturated carbocycles. The first-order valence-corrected chi connectivity index (χ1v) is 6.53. The van der Waals surface area contributed by atoms with Crippen molar-refractivity contribution in [2.24, 2.45) is 0 Å². The van der Waals surface area contributed by atoms with Gasteiger partial charge in [-0.3, -0.25) is 0 Å². The fourth-order valence-corrected chi connectivity index (χ4v) is 1.99. The summed E-state index contributed by atoms with van der Waals surface area (Å²) < 4.78 is 0. The van der Waals surface area contributed by atoms with E-state index in [1.807, 2.05) is 36.5 Å². The van der Waals surface area contributed by atoms with Crippen LogP contribution < -0.4 is 10.9 Å². The van der Waals surface area contributed by atoms with Crippen LogP contribution in [-0.2, 0) is 6.54 Å². The summed E-state index contributed by atoms with van der Waals surface area (Å²) in [7, 11) is 0. The van der Waals surface area contributed by atoms with Gasteiger partial charge in [0.1, 0.15) is 0 Å². The van der Waals surface area contributed by atoms with Gasteiger partial charge in [-0.05, 0) is 23.3 Å². The number of aromatic nitrogens is 2. The van der Waals surface area contributed by atoms with Gasteiger partial charge in [0.2, 0.25) is 0 Å². The molecule has 100 valence electrons. The molecular formula is C16H16N4. The van der Waals surface area contributed by atoms with Crippen LogP contribution in [-0.4, -0.2) is 9.97 Å². The van der Waals surface area contributed by atoms with Crippen LogP contribution in [0.15, 0.2) is 67.1 Å². The van der Waals surface area contributed by atoms with Crippen LogP contribution in [0, 0.1) is 0 Å². The van der Waals surface area contributed by atoms with Crippen LogP contribution >= 0.6 is 0 Å². The second-order valence-corrected chi connectivity index (χ2v) is 4.51. The van der Waals surface area contributed by atoms with Crippen LogP contribution in [0.3, 0.4) is 0 Å². The van der Waals surface area contributed by atoms with Crippen LogP contribution in [0.4, 0.5) is 5.69 Å². The summed E-state index contributed by atoms with van der Waals surface area (Å²) in [6.45, 7) is 0.762. The number of rotatable bonds is 5. The fraction of sp³-hybridized carbons (Fsp3) is 0.0625. The van der Waals surface area contributed by atoms with Gasteiger partial charge in [0.05, 0.1) is 18.2 Å². The third kappa shape index (κ3) is 3.05. The van der Waals surface area contributed by atoms with Crippen LogP contribution in [0.5, 0.6) is 0 Å². The summed E-state index contributed by atoms with van der Waals surface area (Å²) in [5, 5.41) is 0. The summed E-state index contributed by atoms with van der Waals surface area (Å²) in [4.78, 5) is 7.12. The van der Waals surface area contributed by atoms with E-state index >= 15 is 0 Å². The van der Waals surface area contributed by atoms with Gasteiger partial charge in [-0.25, -0.2) is 10.4 Å². The summed E-state index contributed by atoms with van der Waals surface area (Å²) >= 11 is 0. The molecule has 4 heteroatoms. The Bertz CT molecular complexity index is 630. The van der Waals surface area contributed by atoms with Crippen molar-refractivity contribution in [3.63, 3.8) is 0 Å². The Kier molecular flexibility index (Phi) is 3.76. The zero-order chi connectivity index (χ0) is 13.6. The highest BCUT2D eigenvalue weighted by molar-refractivity contribution is 5.58. The molecule has 2 aromatic carbocycles. The van der Waals surface area contributed by atoms with Crippen molar-refractivity contribution >= 4 is 5.69 Å². The van der Waals surface area contributed by atoms with Crippen molar-refractivity contribution in [3.8, 4) is 11.3 Å². The number of nitrogens with one attached hydrogen (secondary N) is 3. The molecule has 4 nitrogen and oxygen atoms in total. The molecule has 3 N–H and O–H groups in total. The molecule has 0 amide bonds. The van der Waals surface area contributed by atoms with Gasteiger partial charge in [0, 0.05) is 12.2 Å². The molecule has 20 heavy (non-hydrogen) atoms. The molecule has 1 heterocycles. The fourth-order valence-electron chi connectivity index (χ4n) is 1.99. The first-order chi connectivity index (χ1) is 9.92. The first kappa shape index (κ1) is 12.4. The maximum atomic E-state index is 4.03. The molecule has 0 spiro atoms. The van der Waals surface area contributed by atoms with E-state index in [1.165, 1.54) is 5.56 Å². The van der Waals surface area contributed by atoms with E-state index in [9.17, 15) is 0 Å². The van der Waals surface area contributed by atoms with E-state index in [0.29, 0.717) is 0 Å². The van der Waals surface area contributed by atoms with E-state index in [2.05, 4.69) is 45.1 Å². The number of benzene rings is 2. The van der Waals surface area contributed by atoms with Crippen LogP contribution in [0.25, 0.3) is 11.3 Å². The van der Waals surface area contributed by atoms with Crippen molar-refractivity contribution in [1.29, 1.82) is 0 Å². The zero-order valence-electron chi connectivity index (χ0n) is 11.0. The van der Waals surface area contributed by atoms with Crippen molar-refractivity contribution in [2.45, 2.75) is 6.54 Å². The number of hydrazine groups is 1. The summed E-state index contributed by atoms with van der Waals surface area (Å²) in [5.74, 6) is 0. The number of nitrogens with zero attached hydrogens (tertiary/aromatic N) is 1. The van der Waals surface area contributed by atoms with Crippen molar-refractivity contribution in [3.05, 3.63) is 72.7 Å².